The van der Waals surface area contributed by atoms with E-state index in [4.69, 9.17) is 9.47 Å². The zero-order valence-corrected chi connectivity index (χ0v) is 10.0. The normalized spacial score (nSPS) is 10.1. The first-order valence-electron chi connectivity index (χ1n) is 5.67. The predicted octanol–water partition coefficient (Wildman–Crippen LogP) is 2.32. The average Bonchev–Trinajstić information content (AvgIpc) is 2.33. The van der Waals surface area contributed by atoms with Gasteiger partial charge in [0.15, 0.2) is 0 Å². The molecule has 1 N–H and O–H groups in total. The molecule has 0 amide bonds. The van der Waals surface area contributed by atoms with E-state index in [2.05, 4.69) is 17.2 Å². The number of rotatable bonds is 8. The van der Waals surface area contributed by atoms with E-state index in [1.807, 2.05) is 6.07 Å². The van der Waals surface area contributed by atoms with Gasteiger partial charge in [-0.3, -0.25) is 4.98 Å². The summed E-state index contributed by atoms with van der Waals surface area (Å²) in [5.41, 5.74) is 1.01. The number of pyridine rings is 1. The summed E-state index contributed by atoms with van der Waals surface area (Å²) in [5.74, 6) is 0.803. The molecule has 0 saturated heterocycles. The highest BCUT2D eigenvalue weighted by Crippen LogP contribution is 2.15. The number of nitrogens with zero attached hydrogens (tertiary/aromatic N) is 1. The van der Waals surface area contributed by atoms with E-state index in [0.29, 0.717) is 6.61 Å². The second kappa shape index (κ2) is 7.93. The zero-order valence-electron chi connectivity index (χ0n) is 10.0. The van der Waals surface area contributed by atoms with E-state index in [9.17, 15) is 0 Å². The molecule has 0 fully saturated rings. The lowest BCUT2D eigenvalue weighted by atomic mass is 10.3. The molecule has 1 rings (SSSR count). The summed E-state index contributed by atoms with van der Waals surface area (Å²) in [6, 6.07) is 1.97. The van der Waals surface area contributed by atoms with Gasteiger partial charge in [-0.2, -0.15) is 0 Å². The molecule has 0 radical (unpaired) electrons. The minimum atomic E-state index is 0.659. The molecule has 0 saturated carbocycles. The van der Waals surface area contributed by atoms with Crippen LogP contribution in [0.5, 0.6) is 5.75 Å². The van der Waals surface area contributed by atoms with Crippen LogP contribution in [0.2, 0.25) is 0 Å². The van der Waals surface area contributed by atoms with Gasteiger partial charge >= 0.3 is 0 Å². The van der Waals surface area contributed by atoms with Crippen LogP contribution in [0.1, 0.15) is 19.8 Å². The predicted molar refractivity (Wildman–Crippen MR) is 65.0 cm³/mol. The van der Waals surface area contributed by atoms with Crippen molar-refractivity contribution in [1.29, 1.82) is 0 Å². The quantitative estimate of drug-likeness (QED) is 0.688. The highest BCUT2D eigenvalue weighted by Gasteiger charge is 1.97. The number of hydrogen-bond donors (Lipinski definition) is 1. The first-order valence-corrected chi connectivity index (χ1v) is 5.67. The summed E-state index contributed by atoms with van der Waals surface area (Å²) >= 11 is 0. The second-order valence-electron chi connectivity index (χ2n) is 3.53. The Bertz CT molecular complexity index is 292. The van der Waals surface area contributed by atoms with E-state index in [1.165, 1.54) is 0 Å². The van der Waals surface area contributed by atoms with Crippen LogP contribution in [-0.2, 0) is 4.74 Å². The number of methoxy groups -OCH3 is 1. The van der Waals surface area contributed by atoms with Crippen LogP contribution in [-0.4, -0.2) is 31.9 Å². The molecule has 0 aliphatic rings. The van der Waals surface area contributed by atoms with Gasteiger partial charge in [-0.05, 0) is 6.42 Å². The lowest BCUT2D eigenvalue weighted by molar-refractivity contribution is 0.172. The summed E-state index contributed by atoms with van der Waals surface area (Å²) in [5, 5.41) is 3.27. The van der Waals surface area contributed by atoms with Crippen LogP contribution in [0.25, 0.3) is 0 Å². The van der Waals surface area contributed by atoms with Crippen molar-refractivity contribution in [3.8, 4) is 5.75 Å². The molecule has 4 nitrogen and oxygen atoms in total. The monoisotopic (exact) mass is 224 g/mol. The summed E-state index contributed by atoms with van der Waals surface area (Å²) < 4.78 is 10.5. The molecule has 0 aliphatic carbocycles. The molecule has 1 aromatic heterocycles. The Morgan fingerprint density at radius 1 is 1.31 bits per heavy atom. The van der Waals surface area contributed by atoms with Gasteiger partial charge in [0.25, 0.3) is 0 Å². The van der Waals surface area contributed by atoms with Gasteiger partial charge < -0.3 is 14.8 Å². The zero-order chi connectivity index (χ0) is 11.6. The molecule has 0 bridgehead atoms. The Labute approximate surface area is 97.0 Å². The fourth-order valence-corrected chi connectivity index (χ4v) is 1.26. The van der Waals surface area contributed by atoms with E-state index in [1.54, 1.807) is 19.5 Å². The van der Waals surface area contributed by atoms with Crippen LogP contribution in [0.15, 0.2) is 18.5 Å². The first kappa shape index (κ1) is 12.8. The molecular formula is C12H20N2O2. The lowest BCUT2D eigenvalue weighted by Gasteiger charge is -2.08. The molecule has 1 heterocycles. The van der Waals surface area contributed by atoms with E-state index in [-0.39, 0.29) is 0 Å². The standard InChI is InChI=1S/C12H20N2O2/c1-3-5-14-11-8-12(10-13-9-11)16-7-4-6-15-2/h8-10,14H,3-7H2,1-2H3. The van der Waals surface area contributed by atoms with Crippen molar-refractivity contribution in [1.82, 2.24) is 4.98 Å². The third-order valence-corrected chi connectivity index (χ3v) is 2.05. The molecule has 0 aromatic carbocycles. The number of ether oxygens (including phenoxy) is 2. The fourth-order valence-electron chi connectivity index (χ4n) is 1.26. The summed E-state index contributed by atoms with van der Waals surface area (Å²) in [7, 11) is 1.69. The summed E-state index contributed by atoms with van der Waals surface area (Å²) in [6.45, 7) is 4.47. The average molecular weight is 224 g/mol. The highest BCUT2D eigenvalue weighted by atomic mass is 16.5. The smallest absolute Gasteiger partial charge is 0.139 e. The largest absolute Gasteiger partial charge is 0.492 e. The van der Waals surface area contributed by atoms with Crippen molar-refractivity contribution in [2.75, 3.05) is 32.2 Å². The third kappa shape index (κ3) is 4.98. The van der Waals surface area contributed by atoms with Gasteiger partial charge in [-0.15, -0.1) is 0 Å². The number of anilines is 1. The molecule has 16 heavy (non-hydrogen) atoms. The highest BCUT2D eigenvalue weighted by molar-refractivity contribution is 5.44. The molecule has 0 unspecified atom stereocenters. The Balaban J connectivity index is 2.35. The Morgan fingerprint density at radius 3 is 2.94 bits per heavy atom. The molecule has 0 spiro atoms. The fraction of sp³-hybridized carbons (Fsp3) is 0.583. The number of hydrogen-bond acceptors (Lipinski definition) is 4. The molecule has 0 aliphatic heterocycles. The maximum atomic E-state index is 5.55. The van der Waals surface area contributed by atoms with Gasteiger partial charge in [-0.25, -0.2) is 0 Å². The van der Waals surface area contributed by atoms with Crippen LogP contribution in [0.3, 0.4) is 0 Å². The van der Waals surface area contributed by atoms with E-state index in [0.717, 1.165) is 37.4 Å². The Hall–Kier alpha value is -1.29. The second-order valence-corrected chi connectivity index (χ2v) is 3.53. The van der Waals surface area contributed by atoms with Crippen molar-refractivity contribution < 1.29 is 9.47 Å². The van der Waals surface area contributed by atoms with E-state index >= 15 is 0 Å². The maximum absolute atomic E-state index is 5.55. The van der Waals surface area contributed by atoms with Crippen LogP contribution in [0.4, 0.5) is 5.69 Å². The minimum absolute atomic E-state index is 0.659. The SMILES string of the molecule is CCCNc1cncc(OCCCOC)c1. The van der Waals surface area contributed by atoms with Gasteiger partial charge in [0.1, 0.15) is 5.75 Å². The lowest BCUT2D eigenvalue weighted by Crippen LogP contribution is -2.03. The van der Waals surface area contributed by atoms with Crippen LogP contribution in [0, 0.1) is 0 Å². The van der Waals surface area contributed by atoms with Crippen molar-refractivity contribution >= 4 is 5.69 Å². The number of aromatic nitrogens is 1. The number of nitrogens with one attached hydrogen (secondary N) is 1. The maximum Gasteiger partial charge on any atom is 0.139 e. The molecule has 0 atom stereocenters. The van der Waals surface area contributed by atoms with E-state index < -0.39 is 0 Å². The van der Waals surface area contributed by atoms with Crippen LogP contribution < -0.4 is 10.1 Å². The topological polar surface area (TPSA) is 43.4 Å². The van der Waals surface area contributed by atoms with Crippen molar-refractivity contribution in [3.05, 3.63) is 18.5 Å². The minimum Gasteiger partial charge on any atom is -0.492 e. The third-order valence-electron chi connectivity index (χ3n) is 2.05. The van der Waals surface area contributed by atoms with Gasteiger partial charge in [0.05, 0.1) is 24.7 Å². The Morgan fingerprint density at radius 2 is 2.19 bits per heavy atom. The van der Waals surface area contributed by atoms with Gasteiger partial charge in [0, 0.05) is 32.7 Å². The van der Waals surface area contributed by atoms with Gasteiger partial charge in [-0.1, -0.05) is 6.92 Å². The molecule has 1 aromatic rings. The summed E-state index contributed by atoms with van der Waals surface area (Å²) in [4.78, 5) is 4.12. The molecular weight excluding hydrogens is 204 g/mol. The van der Waals surface area contributed by atoms with Crippen molar-refractivity contribution in [2.45, 2.75) is 19.8 Å². The summed E-state index contributed by atoms with van der Waals surface area (Å²) in [6.07, 6.45) is 5.52. The molecule has 4 heteroatoms. The van der Waals surface area contributed by atoms with Crippen molar-refractivity contribution in [3.63, 3.8) is 0 Å². The Kier molecular flexibility index (Phi) is 6.33. The van der Waals surface area contributed by atoms with Crippen LogP contribution >= 0.6 is 0 Å². The van der Waals surface area contributed by atoms with Gasteiger partial charge in [0.2, 0.25) is 0 Å². The first-order chi connectivity index (χ1) is 7.86. The van der Waals surface area contributed by atoms with Crippen molar-refractivity contribution in [2.24, 2.45) is 0 Å². The molecule has 90 valence electrons.